The first-order chi connectivity index (χ1) is 7.52. The third-order valence-electron chi connectivity index (χ3n) is 2.14. The molecule has 2 N–H and O–H groups in total. The Morgan fingerprint density at radius 3 is 2.59 bits per heavy atom. The number of hydrogen-bond donors (Lipinski definition) is 1. The molecule has 1 atom stereocenters. The second-order valence-corrected chi connectivity index (χ2v) is 4.31. The quantitative estimate of drug-likeness (QED) is 0.870. The van der Waals surface area contributed by atoms with Gasteiger partial charge >= 0.3 is 5.97 Å². The van der Waals surface area contributed by atoms with Gasteiger partial charge in [0.2, 0.25) is 0 Å². The Labute approximate surface area is 117 Å². The Hall–Kier alpha value is -0.480. The summed E-state index contributed by atoms with van der Waals surface area (Å²) in [6.07, 6.45) is 0.753. The third kappa shape index (κ3) is 5.59. The molecule has 0 aliphatic heterocycles. The molecule has 0 radical (unpaired) electrons. The van der Waals surface area contributed by atoms with Crippen LogP contribution in [0, 0.1) is 0 Å². The van der Waals surface area contributed by atoms with E-state index in [-0.39, 0.29) is 30.8 Å². The van der Waals surface area contributed by atoms with E-state index in [1.165, 1.54) is 7.11 Å². The largest absolute Gasteiger partial charge is 0.469 e. The summed E-state index contributed by atoms with van der Waals surface area (Å²) in [5.74, 6) is -0.312. The summed E-state index contributed by atoms with van der Waals surface area (Å²) < 4.78 is 4.54. The first-order valence-electron chi connectivity index (χ1n) is 4.79. The van der Waals surface area contributed by atoms with Gasteiger partial charge in [-0.3, -0.25) is 4.79 Å². The van der Waals surface area contributed by atoms with Crippen LogP contribution >= 0.6 is 35.6 Å². The Morgan fingerprint density at radius 2 is 2.06 bits per heavy atom. The van der Waals surface area contributed by atoms with Gasteiger partial charge in [-0.05, 0) is 24.1 Å². The van der Waals surface area contributed by atoms with E-state index in [1.54, 1.807) is 12.1 Å². The number of nitrogens with two attached hydrogens (primary N) is 1. The molecule has 0 aromatic heterocycles. The Bertz CT molecular complexity index is 385. The third-order valence-corrected chi connectivity index (χ3v) is 2.88. The minimum atomic E-state index is -0.312. The summed E-state index contributed by atoms with van der Waals surface area (Å²) in [6.45, 7) is 0. The van der Waals surface area contributed by atoms with Gasteiger partial charge in [-0.25, -0.2) is 0 Å². The molecule has 0 fully saturated rings. The number of carbonyl (C=O) groups is 1. The fourth-order valence-electron chi connectivity index (χ4n) is 1.34. The maximum Gasteiger partial charge on any atom is 0.307 e. The predicted molar refractivity (Wildman–Crippen MR) is 72.0 cm³/mol. The summed E-state index contributed by atoms with van der Waals surface area (Å²) >= 11 is 11.7. The number of esters is 1. The molecular formula is C11H14Cl3NO2. The lowest BCUT2D eigenvalue weighted by Gasteiger charge is -2.10. The molecule has 0 heterocycles. The van der Waals surface area contributed by atoms with E-state index in [0.29, 0.717) is 16.5 Å². The lowest BCUT2D eigenvalue weighted by molar-refractivity contribution is -0.140. The van der Waals surface area contributed by atoms with Crippen molar-refractivity contribution in [1.82, 2.24) is 0 Å². The molecule has 1 unspecified atom stereocenters. The van der Waals surface area contributed by atoms with Crippen LogP contribution < -0.4 is 5.73 Å². The maximum atomic E-state index is 11.0. The number of hydrogen-bond acceptors (Lipinski definition) is 3. The highest BCUT2D eigenvalue weighted by Gasteiger charge is 2.11. The summed E-state index contributed by atoms with van der Waals surface area (Å²) in [5, 5.41) is 0.997. The zero-order chi connectivity index (χ0) is 12.1. The molecule has 17 heavy (non-hydrogen) atoms. The fourth-order valence-corrected chi connectivity index (χ4v) is 1.66. The van der Waals surface area contributed by atoms with Crippen LogP contribution in [-0.2, 0) is 16.0 Å². The molecule has 0 saturated heterocycles. The second kappa shape index (κ2) is 7.77. The first-order valence-corrected chi connectivity index (χ1v) is 5.55. The zero-order valence-electron chi connectivity index (χ0n) is 9.28. The van der Waals surface area contributed by atoms with Gasteiger partial charge in [0.15, 0.2) is 0 Å². The Morgan fingerprint density at radius 1 is 1.41 bits per heavy atom. The number of benzene rings is 1. The van der Waals surface area contributed by atoms with Gasteiger partial charge in [-0.1, -0.05) is 29.3 Å². The van der Waals surface area contributed by atoms with Gasteiger partial charge in [0.25, 0.3) is 0 Å². The van der Waals surface area contributed by atoms with Crippen molar-refractivity contribution in [2.24, 2.45) is 5.73 Å². The van der Waals surface area contributed by atoms with Crippen molar-refractivity contribution < 1.29 is 9.53 Å². The molecule has 0 aliphatic rings. The van der Waals surface area contributed by atoms with Gasteiger partial charge in [0.05, 0.1) is 23.6 Å². The van der Waals surface area contributed by atoms with E-state index in [9.17, 15) is 4.79 Å². The van der Waals surface area contributed by atoms with Crippen molar-refractivity contribution in [3.63, 3.8) is 0 Å². The van der Waals surface area contributed by atoms with Crippen molar-refractivity contribution in [2.45, 2.75) is 18.9 Å². The standard InChI is InChI=1S/C11H13Cl2NO2.ClH/c1-16-11(15)6-8(14)4-7-2-3-9(12)10(13)5-7;/h2-3,5,8H,4,6,14H2,1H3;1H. The average Bonchev–Trinajstić information content (AvgIpc) is 2.23. The monoisotopic (exact) mass is 297 g/mol. The summed E-state index contributed by atoms with van der Waals surface area (Å²) in [4.78, 5) is 11.0. The Balaban J connectivity index is 0.00000256. The highest BCUT2D eigenvalue weighted by atomic mass is 35.5. The zero-order valence-corrected chi connectivity index (χ0v) is 11.6. The molecule has 96 valence electrons. The number of ether oxygens (including phenoxy) is 1. The van der Waals surface area contributed by atoms with Crippen molar-refractivity contribution in [1.29, 1.82) is 0 Å². The van der Waals surface area contributed by atoms with Crippen LogP contribution in [0.4, 0.5) is 0 Å². The van der Waals surface area contributed by atoms with Gasteiger partial charge in [0.1, 0.15) is 0 Å². The topological polar surface area (TPSA) is 52.3 Å². The van der Waals surface area contributed by atoms with Gasteiger partial charge in [-0.15, -0.1) is 12.4 Å². The van der Waals surface area contributed by atoms with E-state index < -0.39 is 0 Å². The lowest BCUT2D eigenvalue weighted by Crippen LogP contribution is -2.26. The van der Waals surface area contributed by atoms with Crippen molar-refractivity contribution in [2.75, 3.05) is 7.11 Å². The number of rotatable bonds is 4. The van der Waals surface area contributed by atoms with Gasteiger partial charge < -0.3 is 10.5 Å². The molecule has 0 saturated carbocycles. The Kier molecular flexibility index (Phi) is 7.55. The van der Waals surface area contributed by atoms with Gasteiger partial charge in [0, 0.05) is 6.04 Å². The number of carbonyl (C=O) groups excluding carboxylic acids is 1. The van der Waals surface area contributed by atoms with Crippen LogP contribution in [0.1, 0.15) is 12.0 Å². The molecule has 3 nitrogen and oxygen atoms in total. The van der Waals surface area contributed by atoms with Crippen molar-refractivity contribution in [3.8, 4) is 0 Å². The van der Waals surface area contributed by atoms with Crippen LogP contribution in [-0.4, -0.2) is 19.1 Å². The smallest absolute Gasteiger partial charge is 0.307 e. The molecule has 1 aromatic carbocycles. The predicted octanol–water partition coefficient (Wildman–Crippen LogP) is 2.85. The van der Waals surface area contributed by atoms with Gasteiger partial charge in [-0.2, -0.15) is 0 Å². The molecular weight excluding hydrogens is 284 g/mol. The highest BCUT2D eigenvalue weighted by molar-refractivity contribution is 6.42. The fraction of sp³-hybridized carbons (Fsp3) is 0.364. The molecule has 6 heteroatoms. The van der Waals surface area contributed by atoms with Crippen LogP contribution in [0.5, 0.6) is 0 Å². The van der Waals surface area contributed by atoms with Crippen LogP contribution in [0.3, 0.4) is 0 Å². The normalized spacial score (nSPS) is 11.5. The van der Waals surface area contributed by atoms with Crippen LogP contribution in [0.2, 0.25) is 10.0 Å². The number of methoxy groups -OCH3 is 1. The van der Waals surface area contributed by atoms with E-state index in [4.69, 9.17) is 28.9 Å². The summed E-state index contributed by atoms with van der Waals surface area (Å²) in [5.41, 5.74) is 6.74. The second-order valence-electron chi connectivity index (χ2n) is 3.49. The lowest BCUT2D eigenvalue weighted by atomic mass is 10.0. The molecule has 1 aromatic rings. The van der Waals surface area contributed by atoms with E-state index in [2.05, 4.69) is 4.74 Å². The highest BCUT2D eigenvalue weighted by Crippen LogP contribution is 2.23. The first kappa shape index (κ1) is 16.5. The van der Waals surface area contributed by atoms with E-state index in [1.807, 2.05) is 6.07 Å². The summed E-state index contributed by atoms with van der Waals surface area (Å²) in [6, 6.07) is 5.03. The average molecular weight is 299 g/mol. The molecule has 0 bridgehead atoms. The minimum Gasteiger partial charge on any atom is -0.469 e. The number of halogens is 3. The minimum absolute atomic E-state index is 0. The van der Waals surface area contributed by atoms with Crippen LogP contribution in [0.15, 0.2) is 18.2 Å². The summed E-state index contributed by atoms with van der Waals surface area (Å²) in [7, 11) is 1.34. The van der Waals surface area contributed by atoms with E-state index in [0.717, 1.165) is 5.56 Å². The maximum absolute atomic E-state index is 11.0. The van der Waals surface area contributed by atoms with Crippen LogP contribution in [0.25, 0.3) is 0 Å². The van der Waals surface area contributed by atoms with Crippen molar-refractivity contribution >= 4 is 41.6 Å². The molecule has 0 amide bonds. The SMILES string of the molecule is COC(=O)CC(N)Cc1ccc(Cl)c(Cl)c1.Cl. The molecule has 0 aliphatic carbocycles. The van der Waals surface area contributed by atoms with Crippen molar-refractivity contribution in [3.05, 3.63) is 33.8 Å². The molecule has 0 spiro atoms. The molecule has 1 rings (SSSR count). The van der Waals surface area contributed by atoms with E-state index >= 15 is 0 Å².